The number of hydrogen-bond donors (Lipinski definition) is 0. The normalized spacial score (nSPS) is 26.4. The smallest absolute Gasteiger partial charge is 0.261 e. The molecule has 2 amide bonds. The molecule has 2 spiro atoms. The SMILES string of the molecule is CC1=NN(c2ccccc2)C(=O)[C@]12C(c1ccc3ccccc3c1)[C@]21C(=O)N(c2ccccc2)N=C1C. The first-order valence-corrected chi connectivity index (χ1v) is 12.4. The number of rotatable bonds is 3. The van der Waals surface area contributed by atoms with Crippen molar-refractivity contribution in [1.29, 1.82) is 0 Å². The number of amides is 2. The number of hydrogen-bond acceptors (Lipinski definition) is 4. The fraction of sp³-hybridized carbons (Fsp3) is 0.161. The van der Waals surface area contributed by atoms with Crippen molar-refractivity contribution in [3.63, 3.8) is 0 Å². The van der Waals surface area contributed by atoms with E-state index in [4.69, 9.17) is 10.2 Å². The van der Waals surface area contributed by atoms with Crippen LogP contribution in [0.15, 0.2) is 113 Å². The van der Waals surface area contributed by atoms with Crippen molar-refractivity contribution < 1.29 is 9.59 Å². The molecule has 2 heterocycles. The monoisotopic (exact) mass is 484 g/mol. The molecule has 0 radical (unpaired) electrons. The highest BCUT2D eigenvalue weighted by molar-refractivity contribution is 6.37. The summed E-state index contributed by atoms with van der Waals surface area (Å²) < 4.78 is 0. The molecule has 180 valence electrons. The molecule has 0 saturated heterocycles. The molecule has 0 unspecified atom stereocenters. The molecule has 7 rings (SSSR count). The molecule has 0 bridgehead atoms. The van der Waals surface area contributed by atoms with Crippen LogP contribution in [0.2, 0.25) is 0 Å². The summed E-state index contributed by atoms with van der Waals surface area (Å²) >= 11 is 0. The third-order valence-electron chi connectivity index (χ3n) is 8.21. The highest BCUT2D eigenvalue weighted by Gasteiger charge is 2.91. The molecule has 1 fully saturated rings. The number of carbonyl (C=O) groups excluding carboxylic acids is 2. The second kappa shape index (κ2) is 7.46. The van der Waals surface area contributed by atoms with Gasteiger partial charge in [-0.1, -0.05) is 78.9 Å². The van der Waals surface area contributed by atoms with Gasteiger partial charge in [0.25, 0.3) is 11.8 Å². The second-order valence-corrected chi connectivity index (χ2v) is 9.93. The van der Waals surface area contributed by atoms with Crippen molar-refractivity contribution in [3.05, 3.63) is 109 Å². The molecule has 6 nitrogen and oxygen atoms in total. The van der Waals surface area contributed by atoms with Gasteiger partial charge in [-0.3, -0.25) is 9.59 Å². The lowest BCUT2D eigenvalue weighted by Gasteiger charge is -2.18. The van der Waals surface area contributed by atoms with Gasteiger partial charge in [-0.15, -0.1) is 0 Å². The maximum atomic E-state index is 14.4. The molecule has 6 heteroatoms. The average Bonchev–Trinajstić information content (AvgIpc) is 3.42. The van der Waals surface area contributed by atoms with Crippen LogP contribution in [-0.2, 0) is 9.59 Å². The maximum Gasteiger partial charge on any atom is 0.261 e. The summed E-state index contributed by atoms with van der Waals surface area (Å²) in [6.45, 7) is 3.74. The van der Waals surface area contributed by atoms with Crippen LogP contribution in [-0.4, -0.2) is 23.2 Å². The van der Waals surface area contributed by atoms with Crippen molar-refractivity contribution in [2.24, 2.45) is 21.0 Å². The number of hydrazone groups is 2. The number of carbonyl (C=O) groups is 2. The second-order valence-electron chi connectivity index (χ2n) is 9.93. The Morgan fingerprint density at radius 2 is 1.05 bits per heavy atom. The number of nitrogens with zero attached hydrogens (tertiary/aromatic N) is 4. The summed E-state index contributed by atoms with van der Waals surface area (Å²) in [5.74, 6) is -0.793. The van der Waals surface area contributed by atoms with E-state index in [9.17, 15) is 9.59 Å². The fourth-order valence-corrected chi connectivity index (χ4v) is 6.62. The standard InChI is InChI=1S/C31H24N4O2/c1-20-30(28(36)34(32-20)25-13-5-3-6-14-25)27(24-18-17-22-11-9-10-12-23(22)19-24)31(30)21(2)33-35(29(31)37)26-15-7-4-8-16-26/h3-19,27H,1-2H3/t30-,31-/m1/s1. The number of fused-ring (bicyclic) bond motifs is 2. The summed E-state index contributed by atoms with van der Waals surface area (Å²) in [6, 6.07) is 33.1. The number of benzene rings is 4. The molecule has 4 aromatic rings. The third kappa shape index (κ3) is 2.59. The van der Waals surface area contributed by atoms with Crippen molar-refractivity contribution in [3.8, 4) is 0 Å². The Morgan fingerprint density at radius 3 is 1.57 bits per heavy atom. The van der Waals surface area contributed by atoms with Gasteiger partial charge >= 0.3 is 0 Å². The molecule has 1 aliphatic carbocycles. The van der Waals surface area contributed by atoms with Crippen molar-refractivity contribution in [1.82, 2.24) is 0 Å². The Kier molecular flexibility index (Phi) is 4.37. The lowest BCUT2D eigenvalue weighted by Crippen LogP contribution is -2.40. The van der Waals surface area contributed by atoms with Gasteiger partial charge in [0.15, 0.2) is 0 Å². The quantitative estimate of drug-likeness (QED) is 0.371. The highest BCUT2D eigenvalue weighted by atomic mass is 16.2. The lowest BCUT2D eigenvalue weighted by molar-refractivity contribution is -0.126. The van der Waals surface area contributed by atoms with Crippen LogP contribution in [0.25, 0.3) is 10.8 Å². The highest BCUT2D eigenvalue weighted by Crippen LogP contribution is 2.79. The van der Waals surface area contributed by atoms with E-state index in [0.29, 0.717) is 22.8 Å². The van der Waals surface area contributed by atoms with Crippen LogP contribution in [0.5, 0.6) is 0 Å². The van der Waals surface area contributed by atoms with E-state index in [1.165, 1.54) is 10.0 Å². The number of anilines is 2. The van der Waals surface area contributed by atoms with Gasteiger partial charge in [0, 0.05) is 5.92 Å². The zero-order chi connectivity index (χ0) is 25.4. The van der Waals surface area contributed by atoms with Crippen LogP contribution >= 0.6 is 0 Å². The minimum absolute atomic E-state index is 0.188. The van der Waals surface area contributed by atoms with E-state index in [1.54, 1.807) is 0 Å². The van der Waals surface area contributed by atoms with Crippen molar-refractivity contribution >= 4 is 45.4 Å². The van der Waals surface area contributed by atoms with Gasteiger partial charge in [0.2, 0.25) is 0 Å². The first-order valence-electron chi connectivity index (χ1n) is 12.4. The van der Waals surface area contributed by atoms with E-state index < -0.39 is 16.7 Å². The third-order valence-corrected chi connectivity index (χ3v) is 8.21. The van der Waals surface area contributed by atoms with Gasteiger partial charge in [-0.25, -0.2) is 0 Å². The van der Waals surface area contributed by atoms with Crippen molar-refractivity contribution in [2.75, 3.05) is 10.0 Å². The molecule has 3 aliphatic rings. The summed E-state index contributed by atoms with van der Waals surface area (Å²) in [7, 11) is 0. The first-order chi connectivity index (χ1) is 18.0. The average molecular weight is 485 g/mol. The Labute approximate surface area is 214 Å². The molecule has 1 saturated carbocycles. The predicted molar refractivity (Wildman–Crippen MR) is 146 cm³/mol. The van der Waals surface area contributed by atoms with Crippen LogP contribution in [0.1, 0.15) is 25.3 Å². The summed E-state index contributed by atoms with van der Waals surface area (Å²) in [5, 5.41) is 14.6. The summed E-state index contributed by atoms with van der Waals surface area (Å²) in [5.41, 5.74) is 1.30. The van der Waals surface area contributed by atoms with Crippen molar-refractivity contribution in [2.45, 2.75) is 19.8 Å². The molecule has 0 aromatic heterocycles. The van der Waals surface area contributed by atoms with E-state index >= 15 is 0 Å². The van der Waals surface area contributed by atoms with Crippen LogP contribution in [0, 0.1) is 10.8 Å². The molecular weight excluding hydrogens is 460 g/mol. The van der Waals surface area contributed by atoms with Gasteiger partial charge in [-0.05, 0) is 54.4 Å². The van der Waals surface area contributed by atoms with Gasteiger partial charge in [0.1, 0.15) is 10.8 Å². The molecule has 2 atom stereocenters. The Hall–Kier alpha value is -4.58. The zero-order valence-electron chi connectivity index (χ0n) is 20.5. The van der Waals surface area contributed by atoms with E-state index in [2.05, 4.69) is 24.3 Å². The molecule has 37 heavy (non-hydrogen) atoms. The topological polar surface area (TPSA) is 65.3 Å². The van der Waals surface area contributed by atoms with Gasteiger partial charge in [-0.2, -0.15) is 20.2 Å². The van der Waals surface area contributed by atoms with E-state index in [-0.39, 0.29) is 11.8 Å². The van der Waals surface area contributed by atoms with E-state index in [1.807, 2.05) is 92.7 Å². The lowest BCUT2D eigenvalue weighted by atomic mass is 9.85. The number of para-hydroxylation sites is 2. The fourth-order valence-electron chi connectivity index (χ4n) is 6.62. The first kappa shape index (κ1) is 21.7. The molecule has 0 N–H and O–H groups in total. The predicted octanol–water partition coefficient (Wildman–Crippen LogP) is 5.76. The maximum absolute atomic E-state index is 14.4. The summed E-state index contributed by atoms with van der Waals surface area (Å²) in [6.07, 6.45) is 0. The Bertz CT molecular complexity index is 1580. The Balaban J connectivity index is 1.43. The minimum atomic E-state index is -1.14. The van der Waals surface area contributed by atoms with Gasteiger partial charge < -0.3 is 0 Å². The Morgan fingerprint density at radius 1 is 0.595 bits per heavy atom. The molecule has 2 aliphatic heterocycles. The summed E-state index contributed by atoms with van der Waals surface area (Å²) in [4.78, 5) is 28.9. The zero-order valence-corrected chi connectivity index (χ0v) is 20.5. The largest absolute Gasteiger partial charge is 0.271 e. The minimum Gasteiger partial charge on any atom is -0.271 e. The van der Waals surface area contributed by atoms with Gasteiger partial charge in [0.05, 0.1) is 22.8 Å². The molecular formula is C31H24N4O2. The van der Waals surface area contributed by atoms with Crippen LogP contribution in [0.4, 0.5) is 11.4 Å². The van der Waals surface area contributed by atoms with E-state index in [0.717, 1.165) is 16.3 Å². The van der Waals surface area contributed by atoms with Crippen LogP contribution < -0.4 is 10.0 Å². The van der Waals surface area contributed by atoms with Crippen LogP contribution in [0.3, 0.4) is 0 Å². The molecule has 4 aromatic carbocycles.